The standard InChI is InChI=1S/C25H14Cl2F6N6O3/c26-15-1-3-19(40)17(8-15)38-10-21(34-36-38)23(42,12-5-13(24(28,29)30)7-14(6-12)25(31,32)33)22-11-39(37-35-22)18-9-16(27)2-4-20(18)41/h1-11,40-42H. The highest BCUT2D eigenvalue weighted by molar-refractivity contribution is 6.31. The molecule has 0 aliphatic heterocycles. The van der Waals surface area contributed by atoms with Crippen molar-refractivity contribution in [2.24, 2.45) is 0 Å². The minimum atomic E-state index is -5.24. The summed E-state index contributed by atoms with van der Waals surface area (Å²) in [6.07, 6.45) is -8.58. The van der Waals surface area contributed by atoms with Crippen LogP contribution in [-0.4, -0.2) is 45.3 Å². The fraction of sp³-hybridized carbons (Fsp3) is 0.120. The smallest absolute Gasteiger partial charge is 0.416 e. The van der Waals surface area contributed by atoms with Crippen LogP contribution in [0.4, 0.5) is 26.3 Å². The number of rotatable bonds is 5. The topological polar surface area (TPSA) is 122 Å². The van der Waals surface area contributed by atoms with Crippen LogP contribution in [0.1, 0.15) is 28.1 Å². The van der Waals surface area contributed by atoms with Crippen molar-refractivity contribution in [2.45, 2.75) is 18.0 Å². The first-order valence-corrected chi connectivity index (χ1v) is 12.2. The van der Waals surface area contributed by atoms with Crippen LogP contribution in [0.25, 0.3) is 11.4 Å². The van der Waals surface area contributed by atoms with Gasteiger partial charge >= 0.3 is 12.4 Å². The normalized spacial score (nSPS) is 12.6. The summed E-state index contributed by atoms with van der Waals surface area (Å²) >= 11 is 11.9. The largest absolute Gasteiger partial charge is 0.506 e. The average Bonchev–Trinajstić information content (AvgIpc) is 3.61. The summed E-state index contributed by atoms with van der Waals surface area (Å²) in [7, 11) is 0. The first-order valence-electron chi connectivity index (χ1n) is 11.4. The molecule has 0 radical (unpaired) electrons. The molecular formula is C25H14Cl2F6N6O3. The van der Waals surface area contributed by atoms with Crippen molar-refractivity contribution < 1.29 is 41.7 Å². The zero-order chi connectivity index (χ0) is 30.6. The number of aromatic hydroxyl groups is 2. The predicted octanol–water partition coefficient (Wildman–Crippen LogP) is 5.89. The summed E-state index contributed by atoms with van der Waals surface area (Å²) in [5.74, 6) is -0.722. The molecule has 0 amide bonds. The molecule has 17 heteroatoms. The molecule has 0 aliphatic rings. The van der Waals surface area contributed by atoms with Crippen LogP contribution in [0.15, 0.2) is 67.0 Å². The minimum Gasteiger partial charge on any atom is -0.506 e. The minimum absolute atomic E-state index is 0.0730. The first kappa shape index (κ1) is 29.2. The number of halogens is 8. The quantitative estimate of drug-likeness (QED) is 0.207. The average molecular weight is 631 g/mol. The Balaban J connectivity index is 1.77. The number of aromatic nitrogens is 6. The molecule has 42 heavy (non-hydrogen) atoms. The molecule has 0 spiro atoms. The van der Waals surface area contributed by atoms with Gasteiger partial charge in [0, 0.05) is 10.0 Å². The van der Waals surface area contributed by atoms with Gasteiger partial charge in [-0.2, -0.15) is 26.3 Å². The third-order valence-corrected chi connectivity index (χ3v) is 6.57. The highest BCUT2D eigenvalue weighted by Crippen LogP contribution is 2.42. The van der Waals surface area contributed by atoms with Crippen LogP contribution < -0.4 is 0 Å². The molecule has 0 saturated heterocycles. The van der Waals surface area contributed by atoms with Crippen LogP contribution in [0.5, 0.6) is 11.5 Å². The van der Waals surface area contributed by atoms with Crippen LogP contribution >= 0.6 is 23.2 Å². The zero-order valence-corrected chi connectivity index (χ0v) is 21.9. The summed E-state index contributed by atoms with van der Waals surface area (Å²) in [6, 6.07) is 8.11. The van der Waals surface area contributed by atoms with E-state index in [1.54, 1.807) is 0 Å². The van der Waals surface area contributed by atoms with Crippen LogP contribution in [0, 0.1) is 0 Å². The number of alkyl halides is 6. The highest BCUT2D eigenvalue weighted by atomic mass is 35.5. The summed E-state index contributed by atoms with van der Waals surface area (Å²) in [4.78, 5) is 0. The van der Waals surface area contributed by atoms with E-state index in [0.717, 1.165) is 21.8 Å². The number of aliphatic hydroxyl groups is 1. The van der Waals surface area contributed by atoms with E-state index in [9.17, 15) is 41.7 Å². The molecule has 5 aromatic rings. The van der Waals surface area contributed by atoms with Crippen molar-refractivity contribution >= 4 is 23.2 Å². The van der Waals surface area contributed by atoms with Crippen molar-refractivity contribution in [3.63, 3.8) is 0 Å². The molecule has 3 aromatic carbocycles. The zero-order valence-electron chi connectivity index (χ0n) is 20.4. The maximum Gasteiger partial charge on any atom is 0.416 e. The summed E-state index contributed by atoms with van der Waals surface area (Å²) in [5.41, 5.74) is -8.66. The van der Waals surface area contributed by atoms with Crippen molar-refractivity contribution in [2.75, 3.05) is 0 Å². The second kappa shape index (κ2) is 10.2. The number of phenolic OH excluding ortho intramolecular Hbond substituents is 2. The SMILES string of the molecule is Oc1ccc(Cl)cc1-n1cc(C(O)(c2cc(C(F)(F)F)cc(C(F)(F)F)c2)c2cn(-c3cc(Cl)ccc3O)nn2)nn1. The van der Waals surface area contributed by atoms with Gasteiger partial charge in [0.15, 0.2) is 5.60 Å². The molecule has 0 atom stereocenters. The Morgan fingerprint density at radius 1 is 0.595 bits per heavy atom. The molecule has 0 saturated carbocycles. The Kier molecular flexibility index (Phi) is 7.07. The highest BCUT2D eigenvalue weighted by Gasteiger charge is 2.45. The van der Waals surface area contributed by atoms with Crippen molar-refractivity contribution in [1.29, 1.82) is 0 Å². The second-order valence-corrected chi connectivity index (χ2v) is 9.74. The summed E-state index contributed by atoms with van der Waals surface area (Å²) in [6.45, 7) is 0. The molecule has 0 unspecified atom stereocenters. The Hall–Kier alpha value is -4.34. The maximum atomic E-state index is 13.8. The molecule has 0 fully saturated rings. The van der Waals surface area contributed by atoms with Crippen molar-refractivity contribution in [1.82, 2.24) is 30.0 Å². The summed E-state index contributed by atoms with van der Waals surface area (Å²) < 4.78 is 84.3. The monoisotopic (exact) mass is 630 g/mol. The second-order valence-electron chi connectivity index (χ2n) is 8.87. The Morgan fingerprint density at radius 3 is 1.36 bits per heavy atom. The lowest BCUT2D eigenvalue weighted by atomic mass is 9.85. The summed E-state index contributed by atoms with van der Waals surface area (Å²) in [5, 5.41) is 47.9. The van der Waals surface area contributed by atoms with Gasteiger partial charge in [-0.25, -0.2) is 9.36 Å². The maximum absolute atomic E-state index is 13.8. The van der Waals surface area contributed by atoms with E-state index in [-0.39, 0.29) is 39.0 Å². The van der Waals surface area contributed by atoms with E-state index in [0.29, 0.717) is 12.1 Å². The number of benzene rings is 3. The van der Waals surface area contributed by atoms with Gasteiger partial charge in [-0.3, -0.25) is 0 Å². The van der Waals surface area contributed by atoms with Gasteiger partial charge in [-0.05, 0) is 60.2 Å². The predicted molar refractivity (Wildman–Crippen MR) is 135 cm³/mol. The van der Waals surface area contributed by atoms with E-state index in [1.807, 2.05) is 0 Å². The van der Waals surface area contributed by atoms with Crippen molar-refractivity contribution in [3.05, 3.63) is 105 Å². The number of hydrogen-bond donors (Lipinski definition) is 3. The molecule has 0 bridgehead atoms. The molecule has 2 aromatic heterocycles. The van der Waals surface area contributed by atoms with E-state index in [4.69, 9.17) is 23.2 Å². The van der Waals surface area contributed by atoms with Gasteiger partial charge in [0.2, 0.25) is 0 Å². The lowest BCUT2D eigenvalue weighted by Crippen LogP contribution is -2.31. The van der Waals surface area contributed by atoms with Crippen LogP contribution in [0.2, 0.25) is 10.0 Å². The van der Waals surface area contributed by atoms with Gasteiger partial charge in [0.05, 0.1) is 23.5 Å². The molecule has 0 aliphatic carbocycles. The van der Waals surface area contributed by atoms with E-state index in [1.165, 1.54) is 36.4 Å². The Bertz CT molecular complexity index is 1680. The third kappa shape index (κ3) is 5.33. The molecule has 218 valence electrons. The lowest BCUT2D eigenvalue weighted by Gasteiger charge is -2.26. The van der Waals surface area contributed by atoms with Gasteiger partial charge in [0.25, 0.3) is 0 Å². The number of nitrogens with zero attached hydrogens (tertiary/aromatic N) is 6. The molecule has 2 heterocycles. The Morgan fingerprint density at radius 2 is 0.976 bits per heavy atom. The van der Waals surface area contributed by atoms with E-state index < -0.39 is 46.0 Å². The molecule has 5 rings (SSSR count). The number of phenols is 2. The fourth-order valence-corrected chi connectivity index (χ4v) is 4.38. The van der Waals surface area contributed by atoms with Gasteiger partial charge < -0.3 is 15.3 Å². The van der Waals surface area contributed by atoms with Crippen LogP contribution in [0.3, 0.4) is 0 Å². The van der Waals surface area contributed by atoms with Crippen LogP contribution in [-0.2, 0) is 18.0 Å². The lowest BCUT2D eigenvalue weighted by molar-refractivity contribution is -0.143. The Labute approximate surface area is 240 Å². The van der Waals surface area contributed by atoms with Crippen molar-refractivity contribution in [3.8, 4) is 22.9 Å². The molecule has 9 nitrogen and oxygen atoms in total. The van der Waals surface area contributed by atoms with Gasteiger partial charge in [0.1, 0.15) is 34.3 Å². The molecule has 3 N–H and O–H groups in total. The third-order valence-electron chi connectivity index (χ3n) is 6.10. The van der Waals surface area contributed by atoms with Gasteiger partial charge in [-0.1, -0.05) is 33.6 Å². The van der Waals surface area contributed by atoms with E-state index in [2.05, 4.69) is 20.6 Å². The van der Waals surface area contributed by atoms with E-state index >= 15 is 0 Å². The number of hydrogen-bond acceptors (Lipinski definition) is 7. The fourth-order valence-electron chi connectivity index (χ4n) is 4.05. The first-order chi connectivity index (χ1) is 19.6. The van der Waals surface area contributed by atoms with Gasteiger partial charge in [-0.15, -0.1) is 10.2 Å². The molecular weight excluding hydrogens is 617 g/mol.